The van der Waals surface area contributed by atoms with Gasteiger partial charge in [-0.05, 0) is 54.8 Å². The quantitative estimate of drug-likeness (QED) is 0.532. The van der Waals surface area contributed by atoms with Crippen LogP contribution < -0.4 is 4.90 Å². The number of nitrogens with zero attached hydrogens (tertiary/aromatic N) is 2. The molecule has 1 aliphatic rings. The highest BCUT2D eigenvalue weighted by Gasteiger charge is 2.44. The van der Waals surface area contributed by atoms with Crippen molar-refractivity contribution in [2.45, 2.75) is 45.7 Å². The Balaban J connectivity index is 1.64. The van der Waals surface area contributed by atoms with Crippen molar-refractivity contribution in [1.82, 2.24) is 4.90 Å². The van der Waals surface area contributed by atoms with Crippen molar-refractivity contribution in [3.05, 3.63) is 89.4 Å². The molecule has 6 heteroatoms. The molecule has 3 aromatic rings. The molecule has 2 aromatic carbocycles. The Labute approximate surface area is 187 Å². The van der Waals surface area contributed by atoms with Gasteiger partial charge in [0.1, 0.15) is 11.8 Å². The number of benzene rings is 2. The second-order valence-corrected chi connectivity index (χ2v) is 8.41. The van der Waals surface area contributed by atoms with Gasteiger partial charge in [0.2, 0.25) is 5.91 Å². The second kappa shape index (κ2) is 8.83. The van der Waals surface area contributed by atoms with Crippen LogP contribution in [0.4, 0.5) is 5.69 Å². The fraction of sp³-hybridized carbons (Fsp3) is 0.269. The van der Waals surface area contributed by atoms with Gasteiger partial charge in [-0.25, -0.2) is 4.90 Å². The number of hydrogen-bond donors (Lipinski definition) is 0. The molecule has 1 atom stereocenters. The number of amides is 3. The van der Waals surface area contributed by atoms with Crippen molar-refractivity contribution in [2.24, 2.45) is 0 Å². The molecule has 0 N–H and O–H groups in total. The summed E-state index contributed by atoms with van der Waals surface area (Å²) in [6, 6.07) is 17.2. The Morgan fingerprint density at radius 2 is 1.75 bits per heavy atom. The van der Waals surface area contributed by atoms with Gasteiger partial charge in [0.05, 0.1) is 24.9 Å². The molecule has 0 radical (unpaired) electrons. The van der Waals surface area contributed by atoms with Crippen molar-refractivity contribution < 1.29 is 18.8 Å². The van der Waals surface area contributed by atoms with Crippen molar-refractivity contribution in [1.29, 1.82) is 0 Å². The smallest absolute Gasteiger partial charge is 0.257 e. The Hall–Kier alpha value is -3.67. The first-order chi connectivity index (χ1) is 15.3. The third-order valence-corrected chi connectivity index (χ3v) is 5.78. The van der Waals surface area contributed by atoms with E-state index in [0.717, 1.165) is 11.1 Å². The topological polar surface area (TPSA) is 70.8 Å². The minimum absolute atomic E-state index is 0.0664. The zero-order valence-electron chi connectivity index (χ0n) is 18.4. The number of carbonyl (C=O) groups excluding carboxylic acids is 3. The van der Waals surface area contributed by atoms with E-state index in [4.69, 9.17) is 4.42 Å². The maximum absolute atomic E-state index is 13.4. The van der Waals surface area contributed by atoms with Crippen molar-refractivity contribution >= 4 is 23.4 Å². The van der Waals surface area contributed by atoms with Crippen LogP contribution >= 0.6 is 0 Å². The normalized spacial score (nSPS) is 16.1. The number of carbonyl (C=O) groups is 3. The van der Waals surface area contributed by atoms with E-state index in [1.807, 2.05) is 31.2 Å². The molecule has 1 aromatic heterocycles. The van der Waals surface area contributed by atoms with Crippen molar-refractivity contribution in [2.75, 3.05) is 4.90 Å². The summed E-state index contributed by atoms with van der Waals surface area (Å²) >= 11 is 0. The number of furan rings is 1. The minimum Gasteiger partial charge on any atom is -0.467 e. The average Bonchev–Trinajstić information content (AvgIpc) is 3.39. The molecule has 0 saturated carbocycles. The summed E-state index contributed by atoms with van der Waals surface area (Å²) in [5, 5.41) is 0. The molecule has 0 aliphatic carbocycles. The lowest BCUT2D eigenvalue weighted by Crippen LogP contribution is -2.45. The van der Waals surface area contributed by atoms with Gasteiger partial charge in [-0.3, -0.25) is 14.4 Å². The molecular formula is C26H26N2O4. The Kier molecular flexibility index (Phi) is 5.95. The van der Waals surface area contributed by atoms with E-state index in [-0.39, 0.29) is 24.8 Å². The molecule has 6 nitrogen and oxygen atoms in total. The highest BCUT2D eigenvalue weighted by Crippen LogP contribution is 2.29. The molecule has 1 unspecified atom stereocenters. The molecule has 164 valence electrons. The van der Waals surface area contributed by atoms with Gasteiger partial charge in [0, 0.05) is 5.56 Å². The third kappa shape index (κ3) is 4.21. The van der Waals surface area contributed by atoms with Gasteiger partial charge >= 0.3 is 0 Å². The molecular weight excluding hydrogens is 404 g/mol. The van der Waals surface area contributed by atoms with Crippen molar-refractivity contribution in [3.8, 4) is 0 Å². The van der Waals surface area contributed by atoms with Gasteiger partial charge in [-0.1, -0.05) is 43.7 Å². The lowest BCUT2D eigenvalue weighted by atomic mass is 10.0. The van der Waals surface area contributed by atoms with Crippen LogP contribution in [0, 0.1) is 6.92 Å². The van der Waals surface area contributed by atoms with Crippen LogP contribution in [0.25, 0.3) is 0 Å². The Bertz CT molecular complexity index is 1120. The van der Waals surface area contributed by atoms with Crippen LogP contribution in [0.2, 0.25) is 0 Å². The molecule has 4 rings (SSSR count). The fourth-order valence-electron chi connectivity index (χ4n) is 3.89. The standard InChI is InChI=1S/C26H26N2O4/c1-17(2)19-10-12-21(13-11-19)28-24(29)15-23(26(28)31)27(16-22-5-4-14-32-22)25(30)20-8-6-18(3)7-9-20/h4-14,17,23H,15-16H2,1-3H3. The third-order valence-electron chi connectivity index (χ3n) is 5.78. The van der Waals surface area contributed by atoms with Crippen LogP contribution in [-0.2, 0) is 16.1 Å². The number of imide groups is 1. The van der Waals surface area contributed by atoms with E-state index >= 15 is 0 Å². The van der Waals surface area contributed by atoms with E-state index in [1.54, 1.807) is 36.4 Å². The lowest BCUT2D eigenvalue weighted by molar-refractivity contribution is -0.122. The molecule has 0 spiro atoms. The second-order valence-electron chi connectivity index (χ2n) is 8.41. The van der Waals surface area contributed by atoms with Crippen LogP contribution in [0.3, 0.4) is 0 Å². The Morgan fingerprint density at radius 3 is 2.34 bits per heavy atom. The highest BCUT2D eigenvalue weighted by molar-refractivity contribution is 6.23. The summed E-state index contributed by atoms with van der Waals surface area (Å²) in [7, 11) is 0. The van der Waals surface area contributed by atoms with E-state index in [1.165, 1.54) is 16.1 Å². The minimum atomic E-state index is -0.897. The number of hydrogen-bond acceptors (Lipinski definition) is 4. The molecule has 1 saturated heterocycles. The van der Waals surface area contributed by atoms with Gasteiger partial charge in [-0.2, -0.15) is 0 Å². The summed E-state index contributed by atoms with van der Waals surface area (Å²) in [4.78, 5) is 42.3. The summed E-state index contributed by atoms with van der Waals surface area (Å²) in [6.07, 6.45) is 1.46. The molecule has 1 fully saturated rings. The monoisotopic (exact) mass is 430 g/mol. The van der Waals surface area contributed by atoms with Crippen molar-refractivity contribution in [3.63, 3.8) is 0 Å². The van der Waals surface area contributed by atoms with Gasteiger partial charge in [0.25, 0.3) is 11.8 Å². The zero-order valence-corrected chi connectivity index (χ0v) is 18.4. The first-order valence-corrected chi connectivity index (χ1v) is 10.7. The maximum Gasteiger partial charge on any atom is 0.257 e. The largest absolute Gasteiger partial charge is 0.467 e. The number of aryl methyl sites for hydroxylation is 1. The molecule has 3 amide bonds. The van der Waals surface area contributed by atoms with Crippen LogP contribution in [-0.4, -0.2) is 28.7 Å². The van der Waals surface area contributed by atoms with Crippen LogP contribution in [0.5, 0.6) is 0 Å². The Morgan fingerprint density at radius 1 is 1.06 bits per heavy atom. The van der Waals surface area contributed by atoms with Gasteiger partial charge in [0.15, 0.2) is 0 Å². The summed E-state index contributed by atoms with van der Waals surface area (Å²) < 4.78 is 5.43. The van der Waals surface area contributed by atoms with E-state index < -0.39 is 11.9 Å². The summed E-state index contributed by atoms with van der Waals surface area (Å²) in [6.45, 7) is 6.21. The lowest BCUT2D eigenvalue weighted by Gasteiger charge is -2.27. The average molecular weight is 431 g/mol. The van der Waals surface area contributed by atoms with Gasteiger partial charge in [-0.15, -0.1) is 0 Å². The predicted octanol–water partition coefficient (Wildman–Crippen LogP) is 4.69. The van der Waals surface area contributed by atoms with E-state index in [0.29, 0.717) is 22.9 Å². The molecule has 1 aliphatic heterocycles. The SMILES string of the molecule is Cc1ccc(C(=O)N(Cc2ccco2)C2CC(=O)N(c3ccc(C(C)C)cc3)C2=O)cc1. The van der Waals surface area contributed by atoms with Crippen LogP contribution in [0.1, 0.15) is 53.4 Å². The van der Waals surface area contributed by atoms with Crippen LogP contribution in [0.15, 0.2) is 71.3 Å². The summed E-state index contributed by atoms with van der Waals surface area (Å²) in [5.41, 5.74) is 3.13. The van der Waals surface area contributed by atoms with Gasteiger partial charge < -0.3 is 9.32 Å². The summed E-state index contributed by atoms with van der Waals surface area (Å²) in [5.74, 6) is -0.148. The first-order valence-electron chi connectivity index (χ1n) is 10.7. The van der Waals surface area contributed by atoms with E-state index in [9.17, 15) is 14.4 Å². The first kappa shape index (κ1) is 21.6. The van der Waals surface area contributed by atoms with E-state index in [2.05, 4.69) is 13.8 Å². The number of anilines is 1. The molecule has 2 heterocycles. The molecule has 0 bridgehead atoms. The highest BCUT2D eigenvalue weighted by atomic mass is 16.3. The number of rotatable bonds is 6. The molecule has 32 heavy (non-hydrogen) atoms. The zero-order chi connectivity index (χ0) is 22.8. The predicted molar refractivity (Wildman–Crippen MR) is 121 cm³/mol. The maximum atomic E-state index is 13.4. The fourth-order valence-corrected chi connectivity index (χ4v) is 3.89.